The van der Waals surface area contributed by atoms with E-state index in [1.165, 1.54) is 24.3 Å². The van der Waals surface area contributed by atoms with Gasteiger partial charge in [-0.3, -0.25) is 5.32 Å². The molecule has 0 atom stereocenters. The van der Waals surface area contributed by atoms with Crippen molar-refractivity contribution in [3.05, 3.63) is 41.9 Å². The van der Waals surface area contributed by atoms with E-state index >= 15 is 0 Å². The maximum absolute atomic E-state index is 12.8. The second-order valence-corrected chi connectivity index (χ2v) is 6.53. The minimum absolute atomic E-state index is 0.361. The summed E-state index contributed by atoms with van der Waals surface area (Å²) in [6.45, 7) is 6.25. The van der Waals surface area contributed by atoms with Crippen LogP contribution in [0.15, 0.2) is 36.0 Å². The molecule has 1 aliphatic rings. The Hall–Kier alpha value is -2.77. The number of carbonyl (C=O) groups excluding carboxylic acids is 2. The van der Waals surface area contributed by atoms with E-state index in [0.717, 1.165) is 0 Å². The molecule has 136 valence electrons. The van der Waals surface area contributed by atoms with Gasteiger partial charge in [-0.05, 0) is 51.1 Å². The van der Waals surface area contributed by atoms with Gasteiger partial charge in [-0.1, -0.05) is 0 Å². The molecular formula is C17H22FN3O4. The van der Waals surface area contributed by atoms with Crippen LogP contribution in [-0.4, -0.2) is 35.8 Å². The normalized spacial score (nSPS) is 14.4. The highest BCUT2D eigenvalue weighted by Gasteiger charge is 2.23. The summed E-state index contributed by atoms with van der Waals surface area (Å²) in [7, 11) is 0. The van der Waals surface area contributed by atoms with Gasteiger partial charge in [0.2, 0.25) is 0 Å². The van der Waals surface area contributed by atoms with Gasteiger partial charge in [0, 0.05) is 30.9 Å². The van der Waals surface area contributed by atoms with Crippen LogP contribution in [0.3, 0.4) is 0 Å². The van der Waals surface area contributed by atoms with Gasteiger partial charge in [0.05, 0.1) is 0 Å². The maximum atomic E-state index is 12.8. The molecule has 1 aliphatic heterocycles. The summed E-state index contributed by atoms with van der Waals surface area (Å²) in [4.78, 5) is 30.1. The molecule has 0 unspecified atom stereocenters. The van der Waals surface area contributed by atoms with E-state index in [9.17, 15) is 14.0 Å². The quantitative estimate of drug-likeness (QED) is 0.816. The van der Waals surface area contributed by atoms with E-state index in [1.807, 2.05) is 20.8 Å². The number of rotatable bonds is 3. The van der Waals surface area contributed by atoms with E-state index in [-0.39, 0.29) is 11.9 Å². The van der Waals surface area contributed by atoms with Crippen molar-refractivity contribution in [3.8, 4) is 0 Å². The number of amides is 2. The molecule has 0 bridgehead atoms. The lowest BCUT2D eigenvalue weighted by atomic mass is 10.2. The van der Waals surface area contributed by atoms with Gasteiger partial charge < -0.3 is 14.5 Å². The predicted molar refractivity (Wildman–Crippen MR) is 90.1 cm³/mol. The lowest BCUT2D eigenvalue weighted by molar-refractivity contribution is 0.0256. The summed E-state index contributed by atoms with van der Waals surface area (Å²) in [5.41, 5.74) is 3.12. The first-order chi connectivity index (χ1) is 11.7. The Balaban J connectivity index is 1.76. The van der Waals surface area contributed by atoms with Gasteiger partial charge in [-0.2, -0.15) is 0 Å². The first kappa shape index (κ1) is 18.6. The van der Waals surface area contributed by atoms with Crippen LogP contribution in [0, 0.1) is 5.82 Å². The van der Waals surface area contributed by atoms with E-state index in [4.69, 9.17) is 9.57 Å². The number of ether oxygens (including phenoxy) is 1. The molecule has 1 heterocycles. The number of hydrogen-bond donors (Lipinski definition) is 2. The van der Waals surface area contributed by atoms with E-state index in [0.29, 0.717) is 30.9 Å². The van der Waals surface area contributed by atoms with Crippen LogP contribution in [0.2, 0.25) is 0 Å². The Bertz CT molecular complexity index is 653. The summed E-state index contributed by atoms with van der Waals surface area (Å²) in [5, 5.41) is 2.46. The van der Waals surface area contributed by atoms with Crippen molar-refractivity contribution in [2.24, 2.45) is 0 Å². The predicted octanol–water partition coefficient (Wildman–Crippen LogP) is 3.40. The molecule has 0 aromatic heterocycles. The van der Waals surface area contributed by atoms with Crippen molar-refractivity contribution in [2.45, 2.75) is 32.8 Å². The van der Waals surface area contributed by atoms with Crippen LogP contribution in [0.5, 0.6) is 0 Å². The lowest BCUT2D eigenvalue weighted by Gasteiger charge is -2.29. The molecule has 0 saturated carbocycles. The molecule has 0 saturated heterocycles. The highest BCUT2D eigenvalue weighted by atomic mass is 19.1. The van der Waals surface area contributed by atoms with Crippen LogP contribution in [0.4, 0.5) is 19.7 Å². The van der Waals surface area contributed by atoms with Gasteiger partial charge in [-0.25, -0.2) is 19.5 Å². The highest BCUT2D eigenvalue weighted by molar-refractivity contribution is 5.84. The van der Waals surface area contributed by atoms with Crippen LogP contribution < -0.4 is 10.8 Å². The van der Waals surface area contributed by atoms with Crippen LogP contribution in [0.1, 0.15) is 27.2 Å². The van der Waals surface area contributed by atoms with Gasteiger partial charge in [0.15, 0.2) is 0 Å². The molecule has 0 aliphatic carbocycles. The van der Waals surface area contributed by atoms with E-state index in [1.54, 1.807) is 11.0 Å². The van der Waals surface area contributed by atoms with Crippen molar-refractivity contribution < 1.29 is 23.6 Å². The lowest BCUT2D eigenvalue weighted by Crippen LogP contribution is -2.40. The fourth-order valence-electron chi connectivity index (χ4n) is 2.04. The average molecular weight is 351 g/mol. The third-order valence-corrected chi connectivity index (χ3v) is 3.23. The second kappa shape index (κ2) is 7.87. The van der Waals surface area contributed by atoms with Gasteiger partial charge >= 0.3 is 12.2 Å². The summed E-state index contributed by atoms with van der Waals surface area (Å²) >= 11 is 0. The summed E-state index contributed by atoms with van der Waals surface area (Å²) < 4.78 is 18.1. The van der Waals surface area contributed by atoms with Crippen molar-refractivity contribution in [1.82, 2.24) is 10.4 Å². The fraction of sp³-hybridized carbons (Fsp3) is 0.412. The van der Waals surface area contributed by atoms with Crippen molar-refractivity contribution in [3.63, 3.8) is 0 Å². The minimum Gasteiger partial charge on any atom is -0.444 e. The van der Waals surface area contributed by atoms with E-state index < -0.39 is 11.7 Å². The number of nitrogens with one attached hydrogen (secondary N) is 2. The van der Waals surface area contributed by atoms with Gasteiger partial charge in [0.25, 0.3) is 0 Å². The first-order valence-electron chi connectivity index (χ1n) is 7.89. The average Bonchev–Trinajstić information content (AvgIpc) is 2.54. The fourth-order valence-corrected chi connectivity index (χ4v) is 2.04. The summed E-state index contributed by atoms with van der Waals surface area (Å²) in [6, 6.07) is 5.32. The monoisotopic (exact) mass is 351 g/mol. The standard InChI is InChI=1S/C17H22FN3O4/c1-17(2,3)24-16(23)21-10-8-14(9-11-21)20-25-15(22)19-13-6-4-12(18)5-7-13/h4-8,20H,9-11H2,1-3H3,(H,19,22). The largest absolute Gasteiger partial charge is 0.444 e. The zero-order valence-electron chi connectivity index (χ0n) is 14.5. The zero-order valence-corrected chi connectivity index (χ0v) is 14.5. The summed E-state index contributed by atoms with van der Waals surface area (Å²) in [6.07, 6.45) is 1.15. The van der Waals surface area contributed by atoms with Gasteiger partial charge in [0.1, 0.15) is 11.4 Å². The third-order valence-electron chi connectivity index (χ3n) is 3.23. The molecule has 1 aromatic rings. The Morgan fingerprint density at radius 3 is 2.44 bits per heavy atom. The molecule has 2 amide bonds. The van der Waals surface area contributed by atoms with Crippen LogP contribution in [-0.2, 0) is 9.57 Å². The number of hydroxylamine groups is 1. The van der Waals surface area contributed by atoms with Crippen molar-refractivity contribution in [1.29, 1.82) is 0 Å². The maximum Gasteiger partial charge on any atom is 0.435 e. The van der Waals surface area contributed by atoms with Crippen molar-refractivity contribution >= 4 is 17.9 Å². The topological polar surface area (TPSA) is 79.9 Å². The van der Waals surface area contributed by atoms with Crippen molar-refractivity contribution in [2.75, 3.05) is 18.4 Å². The highest BCUT2D eigenvalue weighted by Crippen LogP contribution is 2.14. The number of carbonyl (C=O) groups is 2. The SMILES string of the molecule is CC(C)(C)OC(=O)N1CC=C(NOC(=O)Nc2ccc(F)cc2)CC1. The third kappa shape index (κ3) is 6.33. The first-order valence-corrected chi connectivity index (χ1v) is 7.89. The molecule has 2 N–H and O–H groups in total. The number of anilines is 1. The summed E-state index contributed by atoms with van der Waals surface area (Å²) in [5.74, 6) is -0.390. The smallest absolute Gasteiger partial charge is 0.435 e. The molecule has 8 heteroatoms. The minimum atomic E-state index is -0.720. The molecule has 2 rings (SSSR count). The second-order valence-electron chi connectivity index (χ2n) is 6.53. The zero-order chi connectivity index (χ0) is 18.4. The molecule has 0 radical (unpaired) electrons. The molecule has 25 heavy (non-hydrogen) atoms. The molecule has 0 fully saturated rings. The Kier molecular flexibility index (Phi) is 5.84. The Labute approximate surface area is 145 Å². The molecule has 7 nitrogen and oxygen atoms in total. The van der Waals surface area contributed by atoms with Crippen LogP contribution in [0.25, 0.3) is 0 Å². The van der Waals surface area contributed by atoms with Gasteiger partial charge in [-0.15, -0.1) is 0 Å². The Morgan fingerprint density at radius 2 is 1.88 bits per heavy atom. The Morgan fingerprint density at radius 1 is 1.20 bits per heavy atom. The number of halogens is 1. The molecular weight excluding hydrogens is 329 g/mol. The number of nitrogens with zero attached hydrogens (tertiary/aromatic N) is 1. The number of benzene rings is 1. The number of hydrogen-bond acceptors (Lipinski definition) is 5. The van der Waals surface area contributed by atoms with Crippen LogP contribution >= 0.6 is 0 Å². The molecule has 1 aromatic carbocycles. The molecule has 0 spiro atoms. The van der Waals surface area contributed by atoms with E-state index in [2.05, 4.69) is 10.8 Å².